The van der Waals surface area contributed by atoms with Crippen molar-refractivity contribution in [2.24, 2.45) is 5.14 Å². The average Bonchev–Trinajstić information content (AvgIpc) is 2.87. The van der Waals surface area contributed by atoms with Crippen LogP contribution in [0.3, 0.4) is 0 Å². The zero-order valence-corrected chi connectivity index (χ0v) is 14.2. The zero-order valence-electron chi connectivity index (χ0n) is 13.4. The number of carbonyl (C=O) groups excluding carboxylic acids is 1. The SMILES string of the molecule is CCC(C)n1ncc2c(C(=O)NCCS(N)(=O)=O)cc(C)nc21. The molecule has 2 aromatic heterocycles. The number of aryl methyl sites for hydroxylation is 1. The maximum atomic E-state index is 12.3. The van der Waals surface area contributed by atoms with Gasteiger partial charge < -0.3 is 5.32 Å². The number of nitrogens with zero attached hydrogens (tertiary/aromatic N) is 3. The Bertz CT molecular complexity index is 828. The van der Waals surface area contributed by atoms with Gasteiger partial charge in [0.15, 0.2) is 5.65 Å². The largest absolute Gasteiger partial charge is 0.351 e. The smallest absolute Gasteiger partial charge is 0.252 e. The third kappa shape index (κ3) is 4.05. The summed E-state index contributed by atoms with van der Waals surface area (Å²) < 4.78 is 23.7. The Hall–Kier alpha value is -2.00. The van der Waals surface area contributed by atoms with E-state index in [0.717, 1.165) is 6.42 Å². The van der Waals surface area contributed by atoms with E-state index in [0.29, 0.717) is 22.3 Å². The highest BCUT2D eigenvalue weighted by molar-refractivity contribution is 7.89. The van der Waals surface area contributed by atoms with E-state index in [2.05, 4.69) is 22.3 Å². The first-order chi connectivity index (χ1) is 10.7. The van der Waals surface area contributed by atoms with E-state index in [-0.39, 0.29) is 24.2 Å². The molecule has 126 valence electrons. The zero-order chi connectivity index (χ0) is 17.2. The van der Waals surface area contributed by atoms with E-state index in [1.165, 1.54) is 0 Å². The van der Waals surface area contributed by atoms with E-state index in [4.69, 9.17) is 5.14 Å². The van der Waals surface area contributed by atoms with Gasteiger partial charge in [-0.05, 0) is 26.3 Å². The average molecular weight is 339 g/mol. The first kappa shape index (κ1) is 17.4. The topological polar surface area (TPSA) is 120 Å². The molecular formula is C14H21N5O3S. The predicted octanol–water partition coefficient (Wildman–Crippen LogP) is 0.729. The molecule has 23 heavy (non-hydrogen) atoms. The monoisotopic (exact) mass is 339 g/mol. The number of amides is 1. The van der Waals surface area contributed by atoms with Gasteiger partial charge in [0.2, 0.25) is 10.0 Å². The highest BCUT2D eigenvalue weighted by atomic mass is 32.2. The first-order valence-corrected chi connectivity index (χ1v) is 9.08. The Morgan fingerprint density at radius 2 is 2.17 bits per heavy atom. The van der Waals surface area contributed by atoms with Crippen molar-refractivity contribution in [3.05, 3.63) is 23.5 Å². The Kier molecular flexibility index (Phi) is 5.00. The van der Waals surface area contributed by atoms with Crippen LogP contribution in [0, 0.1) is 6.92 Å². The number of aromatic nitrogens is 3. The molecule has 9 heteroatoms. The molecule has 2 aromatic rings. The molecule has 8 nitrogen and oxygen atoms in total. The summed E-state index contributed by atoms with van der Waals surface area (Å²) >= 11 is 0. The maximum Gasteiger partial charge on any atom is 0.252 e. The molecule has 0 aliphatic heterocycles. The number of pyridine rings is 1. The number of hydrogen-bond donors (Lipinski definition) is 2. The van der Waals surface area contributed by atoms with Gasteiger partial charge in [0.05, 0.1) is 28.9 Å². The summed E-state index contributed by atoms with van der Waals surface area (Å²) in [5, 5.41) is 12.5. The van der Waals surface area contributed by atoms with Gasteiger partial charge in [0, 0.05) is 12.2 Å². The van der Waals surface area contributed by atoms with Gasteiger partial charge in [0.1, 0.15) is 0 Å². The minimum absolute atomic E-state index is 0.0416. The maximum absolute atomic E-state index is 12.3. The summed E-state index contributed by atoms with van der Waals surface area (Å²) in [5.74, 6) is -0.675. The molecule has 0 spiro atoms. The normalized spacial score (nSPS) is 13.2. The van der Waals surface area contributed by atoms with Crippen LogP contribution in [0.2, 0.25) is 0 Å². The molecule has 0 aromatic carbocycles. The van der Waals surface area contributed by atoms with Crippen LogP contribution in [-0.2, 0) is 10.0 Å². The Balaban J connectivity index is 2.33. The summed E-state index contributed by atoms with van der Waals surface area (Å²) in [7, 11) is -3.61. The molecule has 3 N–H and O–H groups in total. The molecule has 0 saturated heterocycles. The highest BCUT2D eigenvalue weighted by Gasteiger charge is 2.17. The predicted molar refractivity (Wildman–Crippen MR) is 87.6 cm³/mol. The van der Waals surface area contributed by atoms with Gasteiger partial charge in [-0.3, -0.25) is 4.79 Å². The van der Waals surface area contributed by atoms with Crippen LogP contribution in [0.25, 0.3) is 11.0 Å². The molecule has 0 aliphatic carbocycles. The third-order valence-corrected chi connectivity index (χ3v) is 4.39. The Morgan fingerprint density at radius 1 is 1.48 bits per heavy atom. The summed E-state index contributed by atoms with van der Waals surface area (Å²) in [5.41, 5.74) is 1.77. The first-order valence-electron chi connectivity index (χ1n) is 7.36. The number of rotatable bonds is 6. The van der Waals surface area contributed by atoms with Gasteiger partial charge in [-0.1, -0.05) is 6.92 Å². The van der Waals surface area contributed by atoms with Crippen molar-refractivity contribution in [3.8, 4) is 0 Å². The lowest BCUT2D eigenvalue weighted by atomic mass is 10.1. The molecule has 0 saturated carbocycles. The van der Waals surface area contributed by atoms with Crippen molar-refractivity contribution in [1.29, 1.82) is 0 Å². The van der Waals surface area contributed by atoms with Crippen LogP contribution in [0.4, 0.5) is 0 Å². The molecular weight excluding hydrogens is 318 g/mol. The van der Waals surface area contributed by atoms with E-state index < -0.39 is 10.0 Å². The van der Waals surface area contributed by atoms with Crippen LogP contribution in [-0.4, -0.2) is 41.4 Å². The fourth-order valence-corrected chi connectivity index (χ4v) is 2.62. The molecule has 1 unspecified atom stereocenters. The molecule has 0 radical (unpaired) electrons. The molecule has 0 aliphatic rings. The second-order valence-corrected chi connectivity index (χ2v) is 7.25. The van der Waals surface area contributed by atoms with Gasteiger partial charge in [-0.25, -0.2) is 23.2 Å². The summed E-state index contributed by atoms with van der Waals surface area (Å²) in [4.78, 5) is 16.8. The quantitative estimate of drug-likeness (QED) is 0.804. The lowest BCUT2D eigenvalue weighted by molar-refractivity contribution is 0.0957. The molecule has 2 heterocycles. The number of hydrogen-bond acceptors (Lipinski definition) is 5. The molecule has 0 bridgehead atoms. The van der Waals surface area contributed by atoms with Crippen molar-refractivity contribution >= 4 is 27.0 Å². The van der Waals surface area contributed by atoms with E-state index in [1.54, 1.807) is 23.9 Å². The van der Waals surface area contributed by atoms with E-state index >= 15 is 0 Å². The minimum atomic E-state index is -3.61. The van der Waals surface area contributed by atoms with Crippen molar-refractivity contribution in [2.75, 3.05) is 12.3 Å². The van der Waals surface area contributed by atoms with Gasteiger partial charge >= 0.3 is 0 Å². The van der Waals surface area contributed by atoms with E-state index in [9.17, 15) is 13.2 Å². The standard InChI is InChI=1S/C14H21N5O3S/c1-4-10(3)19-13-12(8-17-19)11(7-9(2)18-13)14(20)16-5-6-23(15,21)22/h7-8,10H,4-6H2,1-3H3,(H,16,20)(H2,15,21,22). The fourth-order valence-electron chi connectivity index (χ4n) is 2.23. The molecule has 1 atom stereocenters. The van der Waals surface area contributed by atoms with Crippen LogP contribution in [0.5, 0.6) is 0 Å². The highest BCUT2D eigenvalue weighted by Crippen LogP contribution is 2.22. The number of primary sulfonamides is 1. The van der Waals surface area contributed by atoms with E-state index in [1.807, 2.05) is 6.92 Å². The second-order valence-electron chi connectivity index (χ2n) is 5.52. The number of nitrogens with two attached hydrogens (primary N) is 1. The number of sulfonamides is 1. The van der Waals surface area contributed by atoms with Gasteiger partial charge in [0.25, 0.3) is 5.91 Å². The van der Waals surface area contributed by atoms with Crippen LogP contribution >= 0.6 is 0 Å². The van der Waals surface area contributed by atoms with Gasteiger partial charge in [-0.15, -0.1) is 0 Å². The number of carbonyl (C=O) groups is 1. The molecule has 2 rings (SSSR count). The van der Waals surface area contributed by atoms with Gasteiger partial charge in [-0.2, -0.15) is 5.10 Å². The van der Waals surface area contributed by atoms with Crippen molar-refractivity contribution in [2.45, 2.75) is 33.2 Å². The van der Waals surface area contributed by atoms with Crippen LogP contribution in [0.1, 0.15) is 42.4 Å². The van der Waals surface area contributed by atoms with Crippen LogP contribution in [0.15, 0.2) is 12.3 Å². The third-order valence-electron chi connectivity index (χ3n) is 3.62. The van der Waals surface area contributed by atoms with Crippen molar-refractivity contribution < 1.29 is 13.2 Å². The van der Waals surface area contributed by atoms with Crippen LogP contribution < -0.4 is 10.5 Å². The lowest BCUT2D eigenvalue weighted by Gasteiger charge is -2.11. The molecule has 1 amide bonds. The fraction of sp³-hybridized carbons (Fsp3) is 0.500. The summed E-state index contributed by atoms with van der Waals surface area (Å²) in [6.07, 6.45) is 2.50. The van der Waals surface area contributed by atoms with Crippen molar-refractivity contribution in [1.82, 2.24) is 20.1 Å². The summed E-state index contributed by atoms with van der Waals surface area (Å²) in [6.45, 7) is 5.84. The summed E-state index contributed by atoms with van der Waals surface area (Å²) in [6, 6.07) is 1.83. The minimum Gasteiger partial charge on any atom is -0.351 e. The lowest BCUT2D eigenvalue weighted by Crippen LogP contribution is -2.31. The second kappa shape index (κ2) is 6.63. The van der Waals surface area contributed by atoms with Crippen molar-refractivity contribution in [3.63, 3.8) is 0 Å². The Morgan fingerprint density at radius 3 is 2.78 bits per heavy atom. The number of nitrogens with one attached hydrogen (secondary N) is 1. The Labute approximate surface area is 135 Å². The number of fused-ring (bicyclic) bond motifs is 1. The molecule has 0 fully saturated rings.